The molecule has 1 aromatic carbocycles. The molecule has 0 saturated carbocycles. The first kappa shape index (κ1) is 20.2. The van der Waals surface area contributed by atoms with Gasteiger partial charge in [0.15, 0.2) is 10.5 Å². The second-order valence-corrected chi connectivity index (χ2v) is 6.33. The smallest absolute Gasteiger partial charge is 0.273 e. The Hall–Kier alpha value is -0.893. The molecule has 0 aliphatic carbocycles. The van der Waals surface area contributed by atoms with Crippen LogP contribution in [0.2, 0.25) is 0 Å². The highest BCUT2D eigenvalue weighted by molar-refractivity contribution is 5.98. The van der Waals surface area contributed by atoms with Crippen LogP contribution in [0.25, 0.3) is 0 Å². The topological polar surface area (TPSA) is 27.7 Å². The van der Waals surface area contributed by atoms with E-state index >= 15 is 0 Å². The highest BCUT2D eigenvalue weighted by Crippen LogP contribution is 2.27. The Balaban J connectivity index is 2.79. The van der Waals surface area contributed by atoms with Gasteiger partial charge in [0.2, 0.25) is 0 Å². The molecule has 23 heavy (non-hydrogen) atoms. The Morgan fingerprint density at radius 1 is 1.00 bits per heavy atom. The summed E-state index contributed by atoms with van der Waals surface area (Å²) in [6.45, 7) is 7.44. The van der Waals surface area contributed by atoms with Crippen molar-refractivity contribution in [3.05, 3.63) is 35.1 Å². The van der Waals surface area contributed by atoms with Crippen LogP contribution in [0.1, 0.15) is 46.1 Å². The zero-order chi connectivity index (χ0) is 17.6. The van der Waals surface area contributed by atoms with Crippen LogP contribution in [0.4, 0.5) is 13.2 Å². The summed E-state index contributed by atoms with van der Waals surface area (Å²) in [4.78, 5) is 0. The van der Waals surface area contributed by atoms with Crippen molar-refractivity contribution in [2.75, 3.05) is 0 Å². The number of hydrogen-bond acceptors (Lipinski definition) is 3. The third-order valence-electron chi connectivity index (χ3n) is 3.16. The summed E-state index contributed by atoms with van der Waals surface area (Å²) in [5.41, 5.74) is -0.136. The summed E-state index contributed by atoms with van der Waals surface area (Å²) in [6.07, 6.45) is 0.557. The molecule has 0 fully saturated rings. The van der Waals surface area contributed by atoms with Gasteiger partial charge in [-0.1, -0.05) is 0 Å². The van der Waals surface area contributed by atoms with Crippen molar-refractivity contribution in [3.63, 3.8) is 0 Å². The maximum Gasteiger partial charge on any atom is 0.273 e. The summed E-state index contributed by atoms with van der Waals surface area (Å²) in [5.74, 6) is -3.89. The van der Waals surface area contributed by atoms with Gasteiger partial charge in [0.1, 0.15) is 17.5 Å². The van der Waals surface area contributed by atoms with E-state index in [0.717, 1.165) is 0 Å². The zero-order valence-electron chi connectivity index (χ0n) is 14.3. The van der Waals surface area contributed by atoms with Crippen LogP contribution in [0.15, 0.2) is 12.1 Å². The lowest BCUT2D eigenvalue weighted by Crippen LogP contribution is -2.42. The average molecular weight is 350 g/mol. The third-order valence-corrected chi connectivity index (χ3v) is 3.78. The van der Waals surface area contributed by atoms with Gasteiger partial charge in [0.05, 0.1) is 12.2 Å². The summed E-state index contributed by atoms with van der Waals surface area (Å²) in [7, 11) is 0.392. The molecular weight excluding hydrogens is 325 g/mol. The normalized spacial score (nSPS) is 12.6. The summed E-state index contributed by atoms with van der Waals surface area (Å²) in [6, 6.07) is 1.37. The van der Waals surface area contributed by atoms with Crippen LogP contribution in [-0.2, 0) is 20.3 Å². The van der Waals surface area contributed by atoms with Gasteiger partial charge in [-0.3, -0.25) is 0 Å². The first-order valence-electron chi connectivity index (χ1n) is 7.73. The van der Waals surface area contributed by atoms with Crippen molar-refractivity contribution >= 4 is 10.5 Å². The third kappa shape index (κ3) is 6.25. The maximum absolute atomic E-state index is 13.7. The molecule has 0 radical (unpaired) electrons. The Bertz CT molecular complexity index is 476. The lowest BCUT2D eigenvalue weighted by atomic mass is 10.1. The van der Waals surface area contributed by atoms with Gasteiger partial charge in [-0.25, -0.2) is 13.2 Å². The molecule has 0 spiro atoms. The molecule has 0 saturated heterocycles. The Kier molecular flexibility index (Phi) is 7.73. The molecule has 0 bridgehead atoms. The van der Waals surface area contributed by atoms with Crippen molar-refractivity contribution in [3.8, 4) is 0 Å². The summed E-state index contributed by atoms with van der Waals surface area (Å²) >= 11 is 0. The molecule has 0 aromatic heterocycles. The molecule has 3 nitrogen and oxygen atoms in total. The van der Waals surface area contributed by atoms with Crippen LogP contribution in [0, 0.1) is 17.5 Å². The van der Waals surface area contributed by atoms with E-state index in [-0.39, 0.29) is 24.2 Å². The standard InChI is InChI=1S/C16H25F3O3Si/c1-10(2)20-16(22-23,21-11(3)4)7-5-6-13-14(18)8-12(17)9-15(13)19/h8-11H,5-7H2,1-4,23H3. The summed E-state index contributed by atoms with van der Waals surface area (Å²) < 4.78 is 57.3. The highest BCUT2D eigenvalue weighted by Gasteiger charge is 2.33. The molecule has 0 aliphatic rings. The molecule has 0 heterocycles. The van der Waals surface area contributed by atoms with Gasteiger partial charge in [-0.15, -0.1) is 0 Å². The van der Waals surface area contributed by atoms with Crippen LogP contribution in [0.5, 0.6) is 0 Å². The second-order valence-electron chi connectivity index (χ2n) is 5.92. The van der Waals surface area contributed by atoms with Crippen LogP contribution in [-0.4, -0.2) is 28.7 Å². The van der Waals surface area contributed by atoms with E-state index < -0.39 is 23.4 Å². The minimum Gasteiger partial charge on any atom is -0.380 e. The van der Waals surface area contributed by atoms with Crippen molar-refractivity contribution in [1.29, 1.82) is 0 Å². The Labute approximate surface area is 138 Å². The first-order chi connectivity index (χ1) is 10.7. The molecule has 7 heteroatoms. The van der Waals surface area contributed by atoms with E-state index in [1.165, 1.54) is 0 Å². The van der Waals surface area contributed by atoms with Gasteiger partial charge in [0.25, 0.3) is 5.97 Å². The molecule has 0 amide bonds. The molecule has 1 rings (SSSR count). The van der Waals surface area contributed by atoms with E-state index in [4.69, 9.17) is 13.9 Å². The van der Waals surface area contributed by atoms with Crippen LogP contribution < -0.4 is 0 Å². The molecule has 0 N–H and O–H groups in total. The largest absolute Gasteiger partial charge is 0.380 e. The van der Waals surface area contributed by atoms with Gasteiger partial charge in [-0.05, 0) is 40.5 Å². The maximum atomic E-state index is 13.7. The molecule has 0 atom stereocenters. The second kappa shape index (κ2) is 8.82. The van der Waals surface area contributed by atoms with Gasteiger partial charge >= 0.3 is 0 Å². The fourth-order valence-electron chi connectivity index (χ4n) is 2.35. The number of hydrogen-bond donors (Lipinski definition) is 0. The quantitative estimate of drug-likeness (QED) is 0.506. The van der Waals surface area contributed by atoms with Crippen molar-refractivity contribution in [2.45, 2.75) is 65.1 Å². The van der Waals surface area contributed by atoms with E-state index in [1.807, 2.05) is 27.7 Å². The van der Waals surface area contributed by atoms with Gasteiger partial charge < -0.3 is 13.9 Å². The van der Waals surface area contributed by atoms with E-state index in [9.17, 15) is 13.2 Å². The van der Waals surface area contributed by atoms with Crippen molar-refractivity contribution in [2.24, 2.45) is 0 Å². The molecule has 0 unspecified atom stereocenters. The molecule has 132 valence electrons. The number of halogens is 3. The predicted molar refractivity (Wildman–Crippen MR) is 85.5 cm³/mol. The van der Waals surface area contributed by atoms with Crippen LogP contribution >= 0.6 is 0 Å². The first-order valence-corrected chi connectivity index (χ1v) is 8.55. The number of ether oxygens (including phenoxy) is 2. The Morgan fingerprint density at radius 2 is 1.48 bits per heavy atom. The summed E-state index contributed by atoms with van der Waals surface area (Å²) in [5, 5.41) is 0. The van der Waals surface area contributed by atoms with E-state index in [0.29, 0.717) is 35.5 Å². The SMILES string of the molecule is CC(C)OC(CCCc1c(F)cc(F)cc1F)(O[SiH3])OC(C)C. The van der Waals surface area contributed by atoms with E-state index in [1.54, 1.807) is 0 Å². The molecular formula is C16H25F3O3Si. The lowest BCUT2D eigenvalue weighted by Gasteiger charge is -2.36. The van der Waals surface area contributed by atoms with Gasteiger partial charge in [0, 0.05) is 24.1 Å². The fourth-order valence-corrected chi connectivity index (χ4v) is 2.75. The van der Waals surface area contributed by atoms with Gasteiger partial charge in [-0.2, -0.15) is 0 Å². The monoisotopic (exact) mass is 350 g/mol. The fraction of sp³-hybridized carbons (Fsp3) is 0.625. The van der Waals surface area contributed by atoms with Crippen LogP contribution in [0.3, 0.4) is 0 Å². The predicted octanol–water partition coefficient (Wildman–Crippen LogP) is 3.23. The number of benzene rings is 1. The highest BCUT2D eigenvalue weighted by atomic mass is 28.2. The number of rotatable bonds is 9. The Morgan fingerprint density at radius 3 is 1.87 bits per heavy atom. The average Bonchev–Trinajstić information content (AvgIpc) is 2.40. The minimum atomic E-state index is -1.21. The van der Waals surface area contributed by atoms with Crippen molar-refractivity contribution < 1.29 is 27.1 Å². The molecule has 1 aromatic rings. The zero-order valence-corrected chi connectivity index (χ0v) is 16.3. The van der Waals surface area contributed by atoms with E-state index in [2.05, 4.69) is 0 Å². The molecule has 0 aliphatic heterocycles. The minimum absolute atomic E-state index is 0.105. The van der Waals surface area contributed by atoms with Crippen molar-refractivity contribution in [1.82, 2.24) is 0 Å². The lowest BCUT2D eigenvalue weighted by molar-refractivity contribution is -0.369.